The van der Waals surface area contributed by atoms with E-state index >= 15 is 0 Å². The molecule has 1 aromatic heterocycles. The van der Waals surface area contributed by atoms with E-state index in [-0.39, 0.29) is 11.9 Å². The number of nitrogens with one attached hydrogen (secondary N) is 1. The lowest BCUT2D eigenvalue weighted by Gasteiger charge is -2.17. The zero-order valence-electron chi connectivity index (χ0n) is 9.32. The van der Waals surface area contributed by atoms with Gasteiger partial charge in [-0.2, -0.15) is 0 Å². The summed E-state index contributed by atoms with van der Waals surface area (Å²) in [7, 11) is 0. The highest BCUT2D eigenvalue weighted by atomic mass is 16.1. The summed E-state index contributed by atoms with van der Waals surface area (Å²) in [4.78, 5) is 15.7. The van der Waals surface area contributed by atoms with Crippen LogP contribution in [-0.2, 0) is 0 Å². The summed E-state index contributed by atoms with van der Waals surface area (Å²) in [5, 5.41) is 2.86. The molecule has 0 radical (unpaired) electrons. The van der Waals surface area contributed by atoms with Crippen molar-refractivity contribution < 1.29 is 4.79 Å². The second-order valence-electron chi connectivity index (χ2n) is 3.95. The number of hydrogen-bond acceptors (Lipinski definition) is 3. The van der Waals surface area contributed by atoms with Crippen LogP contribution in [0, 0.1) is 5.92 Å². The summed E-state index contributed by atoms with van der Waals surface area (Å²) in [5.41, 5.74) is 6.35. The highest BCUT2D eigenvalue weighted by Gasteiger charge is 2.15. The summed E-state index contributed by atoms with van der Waals surface area (Å²) < 4.78 is 0. The van der Waals surface area contributed by atoms with Gasteiger partial charge in [0.05, 0.1) is 5.69 Å². The van der Waals surface area contributed by atoms with E-state index in [4.69, 9.17) is 5.73 Å². The summed E-state index contributed by atoms with van der Waals surface area (Å²) in [5.74, 6) is 0.174. The van der Waals surface area contributed by atoms with E-state index in [9.17, 15) is 4.79 Å². The zero-order valence-corrected chi connectivity index (χ0v) is 9.32. The molecule has 15 heavy (non-hydrogen) atoms. The van der Waals surface area contributed by atoms with Crippen molar-refractivity contribution in [2.75, 3.05) is 5.73 Å². The molecular weight excluding hydrogens is 190 g/mol. The van der Waals surface area contributed by atoms with Gasteiger partial charge in [0.15, 0.2) is 5.69 Å². The number of anilines is 1. The Balaban J connectivity index is 2.74. The van der Waals surface area contributed by atoms with Crippen molar-refractivity contribution in [3.63, 3.8) is 0 Å². The van der Waals surface area contributed by atoms with Gasteiger partial charge in [0.2, 0.25) is 0 Å². The zero-order chi connectivity index (χ0) is 11.4. The van der Waals surface area contributed by atoms with Crippen LogP contribution in [0.3, 0.4) is 0 Å². The van der Waals surface area contributed by atoms with Crippen LogP contribution in [0.5, 0.6) is 0 Å². The smallest absolute Gasteiger partial charge is 0.272 e. The molecule has 1 aromatic rings. The summed E-state index contributed by atoms with van der Waals surface area (Å²) >= 11 is 0. The first-order valence-electron chi connectivity index (χ1n) is 5.03. The van der Waals surface area contributed by atoms with Crippen molar-refractivity contribution in [1.82, 2.24) is 10.3 Å². The molecule has 0 aromatic carbocycles. The number of carbonyl (C=O) groups is 1. The van der Waals surface area contributed by atoms with E-state index in [1.54, 1.807) is 18.3 Å². The van der Waals surface area contributed by atoms with E-state index in [0.29, 0.717) is 17.3 Å². The minimum absolute atomic E-state index is 0.110. The predicted octanol–water partition coefficient (Wildman–Crippen LogP) is 1.44. The van der Waals surface area contributed by atoms with Crippen LogP contribution in [0.25, 0.3) is 0 Å². The van der Waals surface area contributed by atoms with Crippen LogP contribution in [0.4, 0.5) is 5.69 Å². The molecule has 4 heteroatoms. The van der Waals surface area contributed by atoms with Gasteiger partial charge in [0, 0.05) is 12.2 Å². The number of hydrogen-bond donors (Lipinski definition) is 2. The Kier molecular flexibility index (Phi) is 3.66. The predicted molar refractivity (Wildman–Crippen MR) is 60.4 cm³/mol. The number of nitrogen functional groups attached to an aromatic ring is 1. The average Bonchev–Trinajstić information content (AvgIpc) is 2.18. The molecule has 1 unspecified atom stereocenters. The Morgan fingerprint density at radius 1 is 1.47 bits per heavy atom. The number of nitrogens with two attached hydrogens (primary N) is 1. The van der Waals surface area contributed by atoms with Crippen LogP contribution >= 0.6 is 0 Å². The largest absolute Gasteiger partial charge is 0.397 e. The molecular formula is C11H17N3O. The van der Waals surface area contributed by atoms with Gasteiger partial charge < -0.3 is 11.1 Å². The molecule has 4 nitrogen and oxygen atoms in total. The van der Waals surface area contributed by atoms with E-state index in [1.807, 2.05) is 20.8 Å². The van der Waals surface area contributed by atoms with Gasteiger partial charge >= 0.3 is 0 Å². The maximum Gasteiger partial charge on any atom is 0.272 e. The SMILES string of the molecule is CC(C)C(C)NC(=O)c1ncccc1N. The van der Waals surface area contributed by atoms with Crippen molar-refractivity contribution in [2.24, 2.45) is 5.92 Å². The van der Waals surface area contributed by atoms with E-state index < -0.39 is 0 Å². The molecule has 0 fully saturated rings. The molecule has 3 N–H and O–H groups in total. The molecule has 0 spiro atoms. The Hall–Kier alpha value is -1.58. The minimum Gasteiger partial charge on any atom is -0.397 e. The molecule has 1 rings (SSSR count). The second kappa shape index (κ2) is 4.77. The first-order chi connectivity index (χ1) is 7.02. The van der Waals surface area contributed by atoms with Gasteiger partial charge in [-0.25, -0.2) is 4.98 Å². The van der Waals surface area contributed by atoms with E-state index in [1.165, 1.54) is 0 Å². The van der Waals surface area contributed by atoms with Crippen molar-refractivity contribution >= 4 is 11.6 Å². The van der Waals surface area contributed by atoms with Gasteiger partial charge in [0.1, 0.15) is 0 Å². The fourth-order valence-electron chi connectivity index (χ4n) is 1.05. The molecule has 1 amide bonds. The molecule has 0 bridgehead atoms. The van der Waals surface area contributed by atoms with Gasteiger partial charge in [0.25, 0.3) is 5.91 Å². The summed E-state index contributed by atoms with van der Waals surface area (Å²) in [6, 6.07) is 3.49. The van der Waals surface area contributed by atoms with Gasteiger partial charge in [-0.05, 0) is 25.0 Å². The third-order valence-corrected chi connectivity index (χ3v) is 2.41. The van der Waals surface area contributed by atoms with Crippen molar-refractivity contribution in [3.8, 4) is 0 Å². The number of pyridine rings is 1. The minimum atomic E-state index is -0.214. The highest BCUT2D eigenvalue weighted by molar-refractivity contribution is 5.97. The van der Waals surface area contributed by atoms with Crippen molar-refractivity contribution in [1.29, 1.82) is 0 Å². The van der Waals surface area contributed by atoms with Crippen molar-refractivity contribution in [3.05, 3.63) is 24.0 Å². The highest BCUT2D eigenvalue weighted by Crippen LogP contribution is 2.08. The first-order valence-corrected chi connectivity index (χ1v) is 5.03. The van der Waals surface area contributed by atoms with Crippen LogP contribution < -0.4 is 11.1 Å². The van der Waals surface area contributed by atoms with Gasteiger partial charge in [-0.3, -0.25) is 4.79 Å². The molecule has 1 atom stereocenters. The second-order valence-corrected chi connectivity index (χ2v) is 3.95. The lowest BCUT2D eigenvalue weighted by molar-refractivity contribution is 0.0926. The monoisotopic (exact) mass is 207 g/mol. The normalized spacial score (nSPS) is 12.5. The number of rotatable bonds is 3. The number of carbonyl (C=O) groups excluding carboxylic acids is 1. The van der Waals surface area contributed by atoms with Gasteiger partial charge in [-0.15, -0.1) is 0 Å². The van der Waals surface area contributed by atoms with Crippen LogP contribution in [0.1, 0.15) is 31.3 Å². The lowest BCUT2D eigenvalue weighted by atomic mass is 10.1. The molecule has 0 saturated heterocycles. The maximum absolute atomic E-state index is 11.7. The quantitative estimate of drug-likeness (QED) is 0.788. The van der Waals surface area contributed by atoms with Crippen molar-refractivity contribution in [2.45, 2.75) is 26.8 Å². The molecule has 82 valence electrons. The molecule has 0 saturated carbocycles. The fourth-order valence-corrected chi connectivity index (χ4v) is 1.05. The van der Waals surface area contributed by atoms with Crippen LogP contribution in [0.15, 0.2) is 18.3 Å². The molecule has 0 aliphatic carbocycles. The van der Waals surface area contributed by atoms with E-state index in [2.05, 4.69) is 10.3 Å². The van der Waals surface area contributed by atoms with Gasteiger partial charge in [-0.1, -0.05) is 13.8 Å². The van der Waals surface area contributed by atoms with E-state index in [0.717, 1.165) is 0 Å². The Morgan fingerprint density at radius 2 is 2.13 bits per heavy atom. The maximum atomic E-state index is 11.7. The molecule has 1 heterocycles. The summed E-state index contributed by atoms with van der Waals surface area (Å²) in [6.45, 7) is 6.06. The molecule has 0 aliphatic heterocycles. The fraction of sp³-hybridized carbons (Fsp3) is 0.455. The lowest BCUT2D eigenvalue weighted by Crippen LogP contribution is -2.36. The number of aromatic nitrogens is 1. The van der Waals surface area contributed by atoms with Crippen LogP contribution in [0.2, 0.25) is 0 Å². The summed E-state index contributed by atoms with van der Waals surface area (Å²) in [6.07, 6.45) is 1.56. The Morgan fingerprint density at radius 3 is 2.67 bits per heavy atom. The average molecular weight is 207 g/mol. The standard InChI is InChI=1S/C11H17N3O/c1-7(2)8(3)14-11(15)10-9(12)5-4-6-13-10/h4-8H,12H2,1-3H3,(H,14,15). The Bertz CT molecular complexity index is 349. The third-order valence-electron chi connectivity index (χ3n) is 2.41. The third kappa shape index (κ3) is 2.94. The first kappa shape index (κ1) is 11.5. The number of nitrogens with zero attached hydrogens (tertiary/aromatic N) is 1. The number of amides is 1. The molecule has 0 aliphatic rings. The topological polar surface area (TPSA) is 68.0 Å². The Labute approximate surface area is 89.9 Å². The van der Waals surface area contributed by atoms with Crippen LogP contribution in [-0.4, -0.2) is 16.9 Å².